The molecule has 0 nitrogen and oxygen atoms in total. The van der Waals surface area contributed by atoms with E-state index < -0.39 is 0 Å². The fourth-order valence-electron chi connectivity index (χ4n) is 4.29. The Morgan fingerprint density at radius 1 is 0.704 bits per heavy atom. The lowest BCUT2D eigenvalue weighted by molar-refractivity contribution is 0.447. The van der Waals surface area contributed by atoms with Crippen molar-refractivity contribution in [1.82, 2.24) is 0 Å². The third-order valence-corrected chi connectivity index (χ3v) is 5.43. The maximum Gasteiger partial charge on any atom is 0.0516 e. The molecule has 0 fully saturated rings. The van der Waals surface area contributed by atoms with Crippen LogP contribution in [0.1, 0.15) is 24.0 Å². The lowest BCUT2D eigenvalue weighted by Crippen LogP contribution is -2.37. The summed E-state index contributed by atoms with van der Waals surface area (Å²) in [6.07, 6.45) is 22.4. The number of rotatable bonds is 4. The Kier molecular flexibility index (Phi) is 6.68. The van der Waals surface area contributed by atoms with Gasteiger partial charge in [0.05, 0.1) is 5.41 Å². The van der Waals surface area contributed by atoms with Crippen molar-refractivity contribution in [3.63, 3.8) is 0 Å². The molecule has 2 aromatic rings. The number of halogens is 1. The van der Waals surface area contributed by atoms with Gasteiger partial charge in [0, 0.05) is 0 Å². The van der Waals surface area contributed by atoms with E-state index in [1.165, 1.54) is 16.7 Å². The summed E-state index contributed by atoms with van der Waals surface area (Å²) in [6, 6.07) is 22.0. The van der Waals surface area contributed by atoms with E-state index in [1.807, 2.05) is 0 Å². The van der Waals surface area contributed by atoms with E-state index in [4.69, 9.17) is 0 Å². The second-order valence-corrected chi connectivity index (χ2v) is 6.88. The zero-order chi connectivity index (χ0) is 17.7. The molecule has 1 heteroatoms. The Morgan fingerprint density at radius 3 is 1.96 bits per heavy atom. The summed E-state index contributed by atoms with van der Waals surface area (Å²) in [4.78, 5) is 0. The maximum absolute atomic E-state index is 2.38. The van der Waals surface area contributed by atoms with Crippen LogP contribution in [-0.2, 0) is 5.41 Å². The second kappa shape index (κ2) is 9.18. The average Bonchev–Trinajstić information content (AvgIpc) is 3.01. The van der Waals surface area contributed by atoms with Crippen LogP contribution in [0.4, 0.5) is 0 Å². The van der Waals surface area contributed by atoms with Crippen LogP contribution >= 0.6 is 24.0 Å². The molecule has 2 aromatic carbocycles. The summed E-state index contributed by atoms with van der Waals surface area (Å²) in [7, 11) is 0. The van der Waals surface area contributed by atoms with Crippen molar-refractivity contribution in [2.45, 2.75) is 18.3 Å². The highest BCUT2D eigenvalue weighted by molar-refractivity contribution is 14.0. The molecule has 0 bridgehead atoms. The fraction of sp³-hybridized carbons (Fsp3) is 0.154. The highest BCUT2D eigenvalue weighted by Gasteiger charge is 2.42. The number of hydrogen-bond donors (Lipinski definition) is 0. The number of benzene rings is 2. The molecule has 27 heavy (non-hydrogen) atoms. The smallest absolute Gasteiger partial charge is 0.0516 e. The van der Waals surface area contributed by atoms with Crippen LogP contribution in [0.2, 0.25) is 0 Å². The highest BCUT2D eigenvalue weighted by atomic mass is 127. The molecule has 0 aromatic heterocycles. The fourth-order valence-corrected chi connectivity index (χ4v) is 4.29. The van der Waals surface area contributed by atoms with E-state index in [2.05, 4.69) is 115 Å². The van der Waals surface area contributed by atoms with E-state index in [0.29, 0.717) is 5.92 Å². The van der Waals surface area contributed by atoms with Gasteiger partial charge in [-0.15, -0.1) is 24.0 Å². The first kappa shape index (κ1) is 19.6. The summed E-state index contributed by atoms with van der Waals surface area (Å²) in [5.41, 5.74) is 3.85. The van der Waals surface area contributed by atoms with Gasteiger partial charge >= 0.3 is 0 Å². The van der Waals surface area contributed by atoms with Gasteiger partial charge < -0.3 is 0 Å². The Bertz CT molecular complexity index is 843. The molecule has 0 radical (unpaired) electrons. The maximum atomic E-state index is 2.38. The highest BCUT2D eigenvalue weighted by Crippen LogP contribution is 2.49. The van der Waals surface area contributed by atoms with Gasteiger partial charge in [-0.05, 0) is 35.5 Å². The molecule has 2 aliphatic carbocycles. The van der Waals surface area contributed by atoms with Crippen molar-refractivity contribution >= 4 is 24.0 Å². The van der Waals surface area contributed by atoms with Crippen molar-refractivity contribution in [3.05, 3.63) is 132 Å². The summed E-state index contributed by atoms with van der Waals surface area (Å²) >= 11 is 0. The van der Waals surface area contributed by atoms with Crippen molar-refractivity contribution in [2.24, 2.45) is 5.92 Å². The predicted octanol–water partition coefficient (Wildman–Crippen LogP) is 7.17. The Balaban J connectivity index is 0.00000210. The average molecular weight is 464 g/mol. The van der Waals surface area contributed by atoms with E-state index in [1.54, 1.807) is 0 Å². The number of allylic oxidation sites excluding steroid dienone is 10. The molecule has 0 heterocycles. The Labute approximate surface area is 179 Å². The topological polar surface area (TPSA) is 0 Å². The molecular formula is C26H25I. The van der Waals surface area contributed by atoms with Crippen LogP contribution in [0.3, 0.4) is 0 Å². The molecule has 1 unspecified atom stereocenters. The lowest BCUT2D eigenvalue weighted by atomic mass is 9.59. The summed E-state index contributed by atoms with van der Waals surface area (Å²) in [5.74, 6) is 0.375. The zero-order valence-corrected chi connectivity index (χ0v) is 17.7. The molecule has 0 aliphatic heterocycles. The van der Waals surface area contributed by atoms with Gasteiger partial charge in [-0.25, -0.2) is 0 Å². The standard InChI is InChI=1S/C26H24.HI/c1-2-7-15-22(14-6-1)26(23-16-8-3-9-17-23,24-18-10-4-11-19-24)25-20-12-5-13-21-25;/h1,3-20,25H,2,21H2;1H. The first-order valence-corrected chi connectivity index (χ1v) is 9.40. The third kappa shape index (κ3) is 3.79. The normalized spacial score (nSPS) is 18.5. The van der Waals surface area contributed by atoms with Crippen molar-refractivity contribution in [2.75, 3.05) is 0 Å². The summed E-state index contributed by atoms with van der Waals surface area (Å²) in [5, 5.41) is 0. The first-order chi connectivity index (χ1) is 12.9. The molecular weight excluding hydrogens is 439 g/mol. The van der Waals surface area contributed by atoms with Gasteiger partial charge in [-0.2, -0.15) is 0 Å². The van der Waals surface area contributed by atoms with Crippen molar-refractivity contribution < 1.29 is 0 Å². The predicted molar refractivity (Wildman–Crippen MR) is 126 cm³/mol. The number of hydrogen-bond acceptors (Lipinski definition) is 0. The monoisotopic (exact) mass is 464 g/mol. The van der Waals surface area contributed by atoms with E-state index in [0.717, 1.165) is 12.8 Å². The van der Waals surface area contributed by atoms with Crippen LogP contribution in [0.5, 0.6) is 0 Å². The first-order valence-electron chi connectivity index (χ1n) is 9.40. The van der Waals surface area contributed by atoms with Crippen LogP contribution in [0.25, 0.3) is 0 Å². The molecule has 0 spiro atoms. The Hall–Kier alpha value is -2.13. The van der Waals surface area contributed by atoms with Crippen molar-refractivity contribution in [1.29, 1.82) is 0 Å². The molecule has 0 amide bonds. The molecule has 2 aliphatic rings. The van der Waals surface area contributed by atoms with Gasteiger partial charge in [0.1, 0.15) is 0 Å². The van der Waals surface area contributed by atoms with Crippen LogP contribution in [0, 0.1) is 5.92 Å². The summed E-state index contributed by atoms with van der Waals surface area (Å²) < 4.78 is 0. The van der Waals surface area contributed by atoms with Gasteiger partial charge in [0.2, 0.25) is 0 Å². The molecule has 136 valence electrons. The van der Waals surface area contributed by atoms with Crippen molar-refractivity contribution in [3.8, 4) is 0 Å². The SMILES string of the molecule is C1=CCC=CC(C(c2ccccc2)(c2ccccc2)C2C=CC=CC2)=C1.I. The molecule has 4 rings (SSSR count). The van der Waals surface area contributed by atoms with Gasteiger partial charge in [-0.1, -0.05) is 115 Å². The van der Waals surface area contributed by atoms with Crippen LogP contribution < -0.4 is 0 Å². The van der Waals surface area contributed by atoms with Gasteiger partial charge in [0.25, 0.3) is 0 Å². The van der Waals surface area contributed by atoms with E-state index in [-0.39, 0.29) is 29.4 Å². The minimum atomic E-state index is -0.199. The third-order valence-electron chi connectivity index (χ3n) is 5.43. The molecule has 1 atom stereocenters. The minimum Gasteiger partial charge on any atom is -0.107 e. The summed E-state index contributed by atoms with van der Waals surface area (Å²) in [6.45, 7) is 0. The van der Waals surface area contributed by atoms with Gasteiger partial charge in [-0.3, -0.25) is 0 Å². The van der Waals surface area contributed by atoms with E-state index in [9.17, 15) is 0 Å². The second-order valence-electron chi connectivity index (χ2n) is 6.88. The Morgan fingerprint density at radius 2 is 1.37 bits per heavy atom. The largest absolute Gasteiger partial charge is 0.107 e. The molecule has 0 N–H and O–H groups in total. The molecule has 0 saturated carbocycles. The van der Waals surface area contributed by atoms with Crippen LogP contribution in [-0.4, -0.2) is 0 Å². The minimum absolute atomic E-state index is 0. The van der Waals surface area contributed by atoms with Gasteiger partial charge in [0.15, 0.2) is 0 Å². The van der Waals surface area contributed by atoms with E-state index >= 15 is 0 Å². The quantitative estimate of drug-likeness (QED) is 0.421. The lowest BCUT2D eigenvalue weighted by Gasteiger charge is -2.42. The zero-order valence-electron chi connectivity index (χ0n) is 15.4. The molecule has 0 saturated heterocycles. The van der Waals surface area contributed by atoms with Crippen LogP contribution in [0.15, 0.2) is 121 Å².